The number of pyridine rings is 1. The van der Waals surface area contributed by atoms with Crippen LogP contribution in [0.25, 0.3) is 10.9 Å². The molecular weight excluding hydrogens is 178 g/mol. The van der Waals surface area contributed by atoms with E-state index in [2.05, 4.69) is 0 Å². The van der Waals surface area contributed by atoms with Gasteiger partial charge >= 0.3 is 0 Å². The Labute approximate surface area is 80.7 Å². The molecule has 0 amide bonds. The van der Waals surface area contributed by atoms with Gasteiger partial charge in [0.1, 0.15) is 5.82 Å². The van der Waals surface area contributed by atoms with Crippen molar-refractivity contribution in [1.29, 1.82) is 0 Å². The molecule has 0 aliphatic rings. The second-order valence-corrected chi connectivity index (χ2v) is 3.32. The molecule has 4 nitrogen and oxygen atoms in total. The van der Waals surface area contributed by atoms with Crippen LogP contribution in [0.5, 0.6) is 0 Å². The van der Waals surface area contributed by atoms with Gasteiger partial charge in [-0.15, -0.1) is 0 Å². The highest BCUT2D eigenvalue weighted by Gasteiger charge is 2.04. The van der Waals surface area contributed by atoms with Crippen molar-refractivity contribution in [3.63, 3.8) is 0 Å². The Kier molecular flexibility index (Phi) is 1.70. The van der Waals surface area contributed by atoms with Crippen molar-refractivity contribution >= 4 is 16.7 Å². The zero-order valence-electron chi connectivity index (χ0n) is 7.82. The lowest BCUT2D eigenvalue weighted by atomic mass is 10.1. The van der Waals surface area contributed by atoms with E-state index in [1.165, 1.54) is 10.7 Å². The third kappa shape index (κ3) is 1.12. The molecule has 0 atom stereocenters. The Bertz CT molecular complexity index is 557. The number of rotatable bonds is 0. The summed E-state index contributed by atoms with van der Waals surface area (Å²) in [6.07, 6.45) is 0. The summed E-state index contributed by atoms with van der Waals surface area (Å²) in [6, 6.07) is 6.83. The molecule has 2 aromatic rings. The van der Waals surface area contributed by atoms with Gasteiger partial charge in [0.05, 0.1) is 5.52 Å². The first-order valence-electron chi connectivity index (χ1n) is 4.26. The summed E-state index contributed by atoms with van der Waals surface area (Å²) in [5.74, 6) is 5.96. The van der Waals surface area contributed by atoms with Gasteiger partial charge in [-0.25, -0.2) is 4.68 Å². The van der Waals surface area contributed by atoms with Gasteiger partial charge in [0.15, 0.2) is 5.43 Å². The van der Waals surface area contributed by atoms with Crippen LogP contribution in [0.15, 0.2) is 29.1 Å². The summed E-state index contributed by atoms with van der Waals surface area (Å²) >= 11 is 0. The van der Waals surface area contributed by atoms with Crippen LogP contribution in [0.1, 0.15) is 5.56 Å². The summed E-state index contributed by atoms with van der Waals surface area (Å²) in [6.45, 7) is 1.93. The first kappa shape index (κ1) is 8.62. The van der Waals surface area contributed by atoms with Crippen molar-refractivity contribution in [2.75, 3.05) is 11.6 Å². The smallest absolute Gasteiger partial charge is 0.191 e. The predicted molar refractivity (Wildman–Crippen MR) is 57.5 cm³/mol. The molecule has 1 aromatic carbocycles. The quantitative estimate of drug-likeness (QED) is 0.596. The number of anilines is 1. The lowest BCUT2D eigenvalue weighted by molar-refractivity contribution is 1.06. The fourth-order valence-corrected chi connectivity index (χ4v) is 1.48. The number of nitrogens with two attached hydrogens (primary N) is 2. The van der Waals surface area contributed by atoms with E-state index in [1.807, 2.05) is 13.0 Å². The molecule has 0 bridgehead atoms. The normalized spacial score (nSPS) is 10.6. The maximum atomic E-state index is 11.6. The van der Waals surface area contributed by atoms with Gasteiger partial charge in [-0.05, 0) is 19.1 Å². The van der Waals surface area contributed by atoms with Crippen molar-refractivity contribution in [2.24, 2.45) is 0 Å². The third-order valence-corrected chi connectivity index (χ3v) is 2.23. The molecule has 0 unspecified atom stereocenters. The molecule has 0 saturated heterocycles. The van der Waals surface area contributed by atoms with Gasteiger partial charge in [0.2, 0.25) is 0 Å². The van der Waals surface area contributed by atoms with Gasteiger partial charge < -0.3 is 11.6 Å². The molecule has 0 spiro atoms. The molecular formula is C10H11N3O. The number of nitrogens with zero attached hydrogens (tertiary/aromatic N) is 1. The monoisotopic (exact) mass is 189 g/mol. The minimum Gasteiger partial charge on any atom is -0.384 e. The third-order valence-electron chi connectivity index (χ3n) is 2.23. The molecule has 1 heterocycles. The van der Waals surface area contributed by atoms with E-state index in [1.54, 1.807) is 12.1 Å². The van der Waals surface area contributed by atoms with Gasteiger partial charge in [0, 0.05) is 11.5 Å². The van der Waals surface area contributed by atoms with E-state index in [4.69, 9.17) is 11.6 Å². The summed E-state index contributed by atoms with van der Waals surface area (Å²) in [4.78, 5) is 11.6. The largest absolute Gasteiger partial charge is 0.384 e. The zero-order valence-corrected chi connectivity index (χ0v) is 7.82. The Morgan fingerprint density at radius 3 is 2.71 bits per heavy atom. The molecule has 72 valence electrons. The van der Waals surface area contributed by atoms with E-state index in [0.717, 1.165) is 5.56 Å². The van der Waals surface area contributed by atoms with Crippen molar-refractivity contribution in [1.82, 2.24) is 4.68 Å². The van der Waals surface area contributed by atoms with Gasteiger partial charge in [-0.3, -0.25) is 4.79 Å². The van der Waals surface area contributed by atoms with Crippen molar-refractivity contribution < 1.29 is 0 Å². The summed E-state index contributed by atoms with van der Waals surface area (Å²) in [7, 11) is 0. The highest BCUT2D eigenvalue weighted by atomic mass is 16.1. The van der Waals surface area contributed by atoms with Crippen LogP contribution in [-0.2, 0) is 0 Å². The van der Waals surface area contributed by atoms with Crippen molar-refractivity contribution in [2.45, 2.75) is 6.92 Å². The minimum atomic E-state index is -0.0945. The van der Waals surface area contributed by atoms with E-state index in [0.29, 0.717) is 10.9 Å². The Hall–Kier alpha value is -1.97. The number of aryl methyl sites for hydroxylation is 1. The van der Waals surface area contributed by atoms with E-state index >= 15 is 0 Å². The van der Waals surface area contributed by atoms with E-state index < -0.39 is 0 Å². The fourth-order valence-electron chi connectivity index (χ4n) is 1.48. The standard InChI is InChI=1S/C10H11N3O/c1-6-2-3-8-7(4-6)9(14)5-10(11)13(8)12/h2-5H,11-12H2,1H3. The molecule has 0 radical (unpaired) electrons. The highest BCUT2D eigenvalue weighted by molar-refractivity contribution is 5.81. The van der Waals surface area contributed by atoms with Crippen LogP contribution in [-0.4, -0.2) is 4.68 Å². The predicted octanol–water partition coefficient (Wildman–Crippen LogP) is 0.606. The lowest BCUT2D eigenvalue weighted by Gasteiger charge is -2.08. The molecule has 1 aromatic heterocycles. The molecule has 0 aliphatic heterocycles. The molecule has 2 rings (SSSR count). The van der Waals surface area contributed by atoms with Crippen LogP contribution in [0.4, 0.5) is 5.82 Å². The van der Waals surface area contributed by atoms with Crippen LogP contribution >= 0.6 is 0 Å². The molecule has 0 aliphatic carbocycles. The highest BCUT2D eigenvalue weighted by Crippen LogP contribution is 2.12. The number of aromatic nitrogens is 1. The minimum absolute atomic E-state index is 0.0945. The molecule has 4 heteroatoms. The van der Waals surface area contributed by atoms with Crippen LogP contribution in [0.3, 0.4) is 0 Å². The van der Waals surface area contributed by atoms with Gasteiger partial charge in [-0.2, -0.15) is 0 Å². The lowest BCUT2D eigenvalue weighted by Crippen LogP contribution is -2.19. The van der Waals surface area contributed by atoms with E-state index in [-0.39, 0.29) is 11.2 Å². The Morgan fingerprint density at radius 2 is 2.00 bits per heavy atom. The number of nitrogen functional groups attached to an aromatic ring is 2. The number of hydrogen-bond donors (Lipinski definition) is 2. The molecule has 0 saturated carbocycles. The first-order valence-corrected chi connectivity index (χ1v) is 4.26. The number of benzene rings is 1. The van der Waals surface area contributed by atoms with E-state index in [9.17, 15) is 4.79 Å². The van der Waals surface area contributed by atoms with Crippen LogP contribution in [0, 0.1) is 6.92 Å². The second-order valence-electron chi connectivity index (χ2n) is 3.32. The second kappa shape index (κ2) is 2.77. The molecule has 4 N–H and O–H groups in total. The van der Waals surface area contributed by atoms with Crippen molar-refractivity contribution in [3.8, 4) is 0 Å². The van der Waals surface area contributed by atoms with Gasteiger partial charge in [0.25, 0.3) is 0 Å². The number of hydrogen-bond acceptors (Lipinski definition) is 3. The Balaban J connectivity index is 3.02. The van der Waals surface area contributed by atoms with Crippen LogP contribution in [0.2, 0.25) is 0 Å². The maximum absolute atomic E-state index is 11.6. The zero-order chi connectivity index (χ0) is 10.3. The Morgan fingerprint density at radius 1 is 1.29 bits per heavy atom. The number of fused-ring (bicyclic) bond motifs is 1. The average molecular weight is 189 g/mol. The van der Waals surface area contributed by atoms with Crippen molar-refractivity contribution in [3.05, 3.63) is 40.1 Å². The SMILES string of the molecule is Cc1ccc2c(c1)c(=O)cc(N)n2N. The summed E-state index contributed by atoms with van der Waals surface area (Å²) in [5.41, 5.74) is 7.15. The maximum Gasteiger partial charge on any atom is 0.191 e. The van der Waals surface area contributed by atoms with Crippen LogP contribution < -0.4 is 17.0 Å². The molecule has 14 heavy (non-hydrogen) atoms. The first-order chi connectivity index (χ1) is 6.59. The average Bonchev–Trinajstić information content (AvgIpc) is 2.14. The topological polar surface area (TPSA) is 74.0 Å². The summed E-state index contributed by atoms with van der Waals surface area (Å²) < 4.78 is 1.32. The van der Waals surface area contributed by atoms with Gasteiger partial charge in [-0.1, -0.05) is 11.6 Å². The molecule has 0 fully saturated rings. The summed E-state index contributed by atoms with van der Waals surface area (Å²) in [5, 5.41) is 0.599. The fraction of sp³-hybridized carbons (Fsp3) is 0.100.